The molecule has 0 aliphatic heterocycles. The summed E-state index contributed by atoms with van der Waals surface area (Å²) in [4.78, 5) is 11.3. The highest BCUT2D eigenvalue weighted by atomic mass is 32.2. The van der Waals surface area contributed by atoms with Gasteiger partial charge in [0.1, 0.15) is 9.77 Å². The molecular weight excluding hydrogens is 278 g/mol. The maximum absolute atomic E-state index is 12.0. The summed E-state index contributed by atoms with van der Waals surface area (Å²) in [5.74, 6) is -0.692. The van der Waals surface area contributed by atoms with Crippen LogP contribution in [0.4, 0.5) is 0 Å². The van der Waals surface area contributed by atoms with Gasteiger partial charge in [-0.2, -0.15) is 0 Å². The van der Waals surface area contributed by atoms with Crippen molar-refractivity contribution in [2.75, 3.05) is 13.7 Å². The zero-order valence-corrected chi connectivity index (χ0v) is 11.7. The SMILES string of the molecule is CC[C@H](CO)NS(=O)(=O)c1ccsc1C(=O)OC. The average molecular weight is 293 g/mol. The first kappa shape index (κ1) is 15.1. The first-order chi connectivity index (χ1) is 8.46. The molecule has 1 atom stereocenters. The number of carbonyl (C=O) groups excluding carboxylic acids is 1. The third kappa shape index (κ3) is 3.29. The molecule has 0 aliphatic carbocycles. The number of sulfonamides is 1. The third-order valence-electron chi connectivity index (χ3n) is 2.32. The minimum atomic E-state index is -3.83. The summed E-state index contributed by atoms with van der Waals surface area (Å²) < 4.78 is 30.9. The lowest BCUT2D eigenvalue weighted by molar-refractivity contribution is 0.0602. The molecule has 18 heavy (non-hydrogen) atoms. The van der Waals surface area contributed by atoms with Gasteiger partial charge in [0.25, 0.3) is 0 Å². The fourth-order valence-corrected chi connectivity index (χ4v) is 3.93. The summed E-state index contributed by atoms with van der Waals surface area (Å²) in [5.41, 5.74) is 0. The predicted octanol–water partition coefficient (Wildman–Crippen LogP) is 0.584. The number of ether oxygens (including phenoxy) is 1. The number of methoxy groups -OCH3 is 1. The van der Waals surface area contributed by atoms with E-state index in [1.165, 1.54) is 18.6 Å². The minimum absolute atomic E-state index is 0.0257. The first-order valence-corrected chi connectivity index (χ1v) is 7.61. The molecule has 8 heteroatoms. The van der Waals surface area contributed by atoms with Gasteiger partial charge in [0.15, 0.2) is 0 Å². The molecule has 1 heterocycles. The molecule has 0 radical (unpaired) electrons. The standard InChI is InChI=1S/C10H15NO5S2/c1-3-7(6-12)11-18(14,15)8-4-5-17-9(8)10(13)16-2/h4-5,7,11-12H,3,6H2,1-2H3/t7-/m1/s1. The zero-order chi connectivity index (χ0) is 13.8. The Morgan fingerprint density at radius 2 is 2.28 bits per heavy atom. The van der Waals surface area contributed by atoms with E-state index in [0.717, 1.165) is 11.3 Å². The highest BCUT2D eigenvalue weighted by Crippen LogP contribution is 2.23. The van der Waals surface area contributed by atoms with Crippen LogP contribution in [0.5, 0.6) is 0 Å². The zero-order valence-electron chi connectivity index (χ0n) is 10.0. The van der Waals surface area contributed by atoms with Gasteiger partial charge in [-0.1, -0.05) is 6.92 Å². The Bertz CT molecular complexity index is 504. The van der Waals surface area contributed by atoms with Crippen LogP contribution < -0.4 is 4.72 Å². The fraction of sp³-hybridized carbons (Fsp3) is 0.500. The molecule has 0 amide bonds. The van der Waals surface area contributed by atoms with E-state index in [9.17, 15) is 13.2 Å². The molecule has 1 aromatic heterocycles. The Balaban J connectivity index is 3.06. The summed E-state index contributed by atoms with van der Waals surface area (Å²) in [7, 11) is -2.64. The van der Waals surface area contributed by atoms with Crippen LogP contribution in [0.1, 0.15) is 23.0 Å². The number of carbonyl (C=O) groups is 1. The maximum atomic E-state index is 12.0. The van der Waals surface area contributed by atoms with Crippen molar-refractivity contribution in [1.29, 1.82) is 0 Å². The molecular formula is C10H15NO5S2. The molecule has 0 spiro atoms. The van der Waals surface area contributed by atoms with Crippen LogP contribution in [-0.2, 0) is 14.8 Å². The van der Waals surface area contributed by atoms with Gasteiger partial charge < -0.3 is 9.84 Å². The normalized spacial score (nSPS) is 13.3. The summed E-state index contributed by atoms with van der Waals surface area (Å²) >= 11 is 0.995. The van der Waals surface area contributed by atoms with Gasteiger partial charge in [-0.3, -0.25) is 0 Å². The molecule has 0 saturated heterocycles. The molecule has 1 aromatic rings. The summed E-state index contributed by atoms with van der Waals surface area (Å²) in [5, 5.41) is 10.5. The molecule has 0 fully saturated rings. The van der Waals surface area contributed by atoms with Crippen LogP contribution in [-0.4, -0.2) is 39.3 Å². The van der Waals surface area contributed by atoms with Crippen LogP contribution >= 0.6 is 11.3 Å². The fourth-order valence-electron chi connectivity index (χ4n) is 1.28. The second-order valence-electron chi connectivity index (χ2n) is 3.51. The molecule has 0 unspecified atom stereocenters. The van der Waals surface area contributed by atoms with Crippen molar-refractivity contribution in [2.24, 2.45) is 0 Å². The van der Waals surface area contributed by atoms with E-state index in [1.807, 2.05) is 0 Å². The quantitative estimate of drug-likeness (QED) is 0.749. The number of nitrogens with one attached hydrogen (secondary N) is 1. The Morgan fingerprint density at radius 3 is 2.78 bits per heavy atom. The van der Waals surface area contributed by atoms with Crippen molar-refractivity contribution in [2.45, 2.75) is 24.3 Å². The predicted molar refractivity (Wildman–Crippen MR) is 67.1 cm³/mol. The molecule has 0 aliphatic rings. The van der Waals surface area contributed by atoms with E-state index >= 15 is 0 Å². The van der Waals surface area contributed by atoms with Gasteiger partial charge >= 0.3 is 5.97 Å². The lowest BCUT2D eigenvalue weighted by Gasteiger charge is -2.14. The van der Waals surface area contributed by atoms with Gasteiger partial charge in [-0.05, 0) is 17.9 Å². The number of aliphatic hydroxyl groups is 1. The van der Waals surface area contributed by atoms with Crippen molar-refractivity contribution < 1.29 is 23.1 Å². The second kappa shape index (κ2) is 6.28. The summed E-state index contributed by atoms with van der Waals surface area (Å²) in [6.45, 7) is 1.45. The molecule has 0 saturated carbocycles. The van der Waals surface area contributed by atoms with E-state index in [0.29, 0.717) is 6.42 Å². The summed E-state index contributed by atoms with van der Waals surface area (Å²) in [6.07, 6.45) is 0.452. The van der Waals surface area contributed by atoms with Crippen LogP contribution in [0.3, 0.4) is 0 Å². The molecule has 1 rings (SSSR count). The van der Waals surface area contributed by atoms with E-state index in [-0.39, 0.29) is 16.4 Å². The van der Waals surface area contributed by atoms with Crippen LogP contribution in [0.2, 0.25) is 0 Å². The number of hydrogen-bond donors (Lipinski definition) is 2. The van der Waals surface area contributed by atoms with Crippen molar-refractivity contribution in [3.05, 3.63) is 16.3 Å². The Morgan fingerprint density at radius 1 is 1.61 bits per heavy atom. The number of thiophene rings is 1. The van der Waals surface area contributed by atoms with Gasteiger partial charge in [0.2, 0.25) is 10.0 Å². The number of aliphatic hydroxyl groups excluding tert-OH is 1. The Hall–Kier alpha value is -0.960. The number of hydrogen-bond acceptors (Lipinski definition) is 6. The van der Waals surface area contributed by atoms with Gasteiger partial charge in [0, 0.05) is 6.04 Å². The molecule has 2 N–H and O–H groups in total. The Kier molecular flexibility index (Phi) is 5.27. The molecule has 0 aromatic carbocycles. The monoisotopic (exact) mass is 293 g/mol. The van der Waals surface area contributed by atoms with Crippen molar-refractivity contribution >= 4 is 27.3 Å². The van der Waals surface area contributed by atoms with Crippen molar-refractivity contribution in [3.63, 3.8) is 0 Å². The lowest BCUT2D eigenvalue weighted by Crippen LogP contribution is -2.37. The molecule has 102 valence electrons. The molecule has 0 bridgehead atoms. The largest absolute Gasteiger partial charge is 0.465 e. The van der Waals surface area contributed by atoms with Crippen LogP contribution in [0.15, 0.2) is 16.3 Å². The topological polar surface area (TPSA) is 92.7 Å². The van der Waals surface area contributed by atoms with E-state index in [2.05, 4.69) is 9.46 Å². The number of esters is 1. The second-order valence-corrected chi connectivity index (χ2v) is 6.11. The van der Waals surface area contributed by atoms with Gasteiger partial charge in [0.05, 0.1) is 13.7 Å². The number of rotatable bonds is 6. The smallest absolute Gasteiger partial charge is 0.349 e. The highest BCUT2D eigenvalue weighted by molar-refractivity contribution is 7.89. The average Bonchev–Trinajstić information content (AvgIpc) is 2.85. The van der Waals surface area contributed by atoms with E-state index < -0.39 is 22.0 Å². The lowest BCUT2D eigenvalue weighted by atomic mass is 10.3. The Labute approximate surface area is 110 Å². The van der Waals surface area contributed by atoms with Crippen molar-refractivity contribution in [3.8, 4) is 0 Å². The molecule has 6 nitrogen and oxygen atoms in total. The van der Waals surface area contributed by atoms with Crippen LogP contribution in [0, 0.1) is 0 Å². The van der Waals surface area contributed by atoms with E-state index in [4.69, 9.17) is 5.11 Å². The first-order valence-electron chi connectivity index (χ1n) is 5.25. The third-order valence-corrected chi connectivity index (χ3v) is 4.91. The van der Waals surface area contributed by atoms with Crippen LogP contribution in [0.25, 0.3) is 0 Å². The van der Waals surface area contributed by atoms with Gasteiger partial charge in [-0.25, -0.2) is 17.9 Å². The summed E-state index contributed by atoms with van der Waals surface area (Å²) in [6, 6.07) is 0.768. The maximum Gasteiger partial charge on any atom is 0.349 e. The van der Waals surface area contributed by atoms with E-state index in [1.54, 1.807) is 6.92 Å². The highest BCUT2D eigenvalue weighted by Gasteiger charge is 2.26. The minimum Gasteiger partial charge on any atom is -0.465 e. The van der Waals surface area contributed by atoms with Gasteiger partial charge in [-0.15, -0.1) is 11.3 Å². The van der Waals surface area contributed by atoms with Crippen molar-refractivity contribution in [1.82, 2.24) is 4.72 Å².